The minimum Gasteiger partial charge on any atom is -0.496 e. The van der Waals surface area contributed by atoms with E-state index in [1.807, 2.05) is 6.92 Å². The number of methoxy groups -OCH3 is 1. The maximum Gasteiger partial charge on any atom is 0.263 e. The van der Waals surface area contributed by atoms with Crippen LogP contribution in [0.5, 0.6) is 5.75 Å². The van der Waals surface area contributed by atoms with Crippen LogP contribution in [0.1, 0.15) is 37.3 Å². The number of alkyl halides is 2. The zero-order chi connectivity index (χ0) is 12.6. The second kappa shape index (κ2) is 4.26. The Morgan fingerprint density at radius 2 is 2.00 bits per heavy atom. The third-order valence-electron chi connectivity index (χ3n) is 3.67. The van der Waals surface area contributed by atoms with E-state index in [-0.39, 0.29) is 17.0 Å². The lowest BCUT2D eigenvalue weighted by Gasteiger charge is -2.23. The van der Waals surface area contributed by atoms with Crippen molar-refractivity contribution in [2.45, 2.75) is 37.6 Å². The van der Waals surface area contributed by atoms with Crippen molar-refractivity contribution in [2.24, 2.45) is 5.73 Å². The number of halogens is 2. The molecule has 0 heterocycles. The van der Waals surface area contributed by atoms with E-state index in [1.54, 1.807) is 19.2 Å². The first-order valence-electron chi connectivity index (χ1n) is 5.73. The van der Waals surface area contributed by atoms with Gasteiger partial charge < -0.3 is 10.5 Å². The van der Waals surface area contributed by atoms with Crippen LogP contribution < -0.4 is 10.5 Å². The summed E-state index contributed by atoms with van der Waals surface area (Å²) in [7, 11) is 1.55. The lowest BCUT2D eigenvalue weighted by molar-refractivity contribution is 0.151. The highest BCUT2D eigenvalue weighted by Gasteiger charge is 2.49. The van der Waals surface area contributed by atoms with E-state index in [1.165, 1.54) is 6.07 Å². The summed E-state index contributed by atoms with van der Waals surface area (Å²) in [6.07, 6.45) is -0.579. The molecule has 0 saturated heterocycles. The first-order chi connectivity index (χ1) is 8.01. The molecule has 1 atom stereocenters. The normalized spacial score (nSPS) is 19.2. The minimum absolute atomic E-state index is 0.0349. The van der Waals surface area contributed by atoms with Crippen molar-refractivity contribution in [3.63, 3.8) is 0 Å². The van der Waals surface area contributed by atoms with Crippen molar-refractivity contribution < 1.29 is 13.5 Å². The zero-order valence-corrected chi connectivity index (χ0v) is 10.0. The molecule has 1 saturated carbocycles. The summed E-state index contributed by atoms with van der Waals surface area (Å²) in [6, 6.07) is 4.51. The van der Waals surface area contributed by atoms with Crippen LogP contribution in [0.15, 0.2) is 18.2 Å². The van der Waals surface area contributed by atoms with Gasteiger partial charge in [-0.25, -0.2) is 8.78 Å². The molecule has 0 bridgehead atoms. The molecule has 2 nitrogen and oxygen atoms in total. The van der Waals surface area contributed by atoms with Crippen molar-refractivity contribution in [1.29, 1.82) is 0 Å². The Morgan fingerprint density at radius 1 is 1.35 bits per heavy atom. The summed E-state index contributed by atoms with van der Waals surface area (Å²) >= 11 is 0. The van der Waals surface area contributed by atoms with Crippen LogP contribution in [0, 0.1) is 0 Å². The molecule has 1 fully saturated rings. The van der Waals surface area contributed by atoms with Crippen molar-refractivity contribution in [1.82, 2.24) is 0 Å². The molecule has 94 valence electrons. The summed E-state index contributed by atoms with van der Waals surface area (Å²) in [5.74, 6) is 0.657. The van der Waals surface area contributed by atoms with Gasteiger partial charge in [-0.15, -0.1) is 0 Å². The van der Waals surface area contributed by atoms with E-state index in [2.05, 4.69) is 0 Å². The van der Waals surface area contributed by atoms with E-state index in [9.17, 15) is 8.78 Å². The third kappa shape index (κ3) is 2.02. The van der Waals surface area contributed by atoms with Crippen LogP contribution in [-0.4, -0.2) is 13.2 Å². The first kappa shape index (κ1) is 12.3. The largest absolute Gasteiger partial charge is 0.496 e. The van der Waals surface area contributed by atoms with E-state index in [4.69, 9.17) is 10.5 Å². The molecule has 2 rings (SSSR count). The molecule has 2 N–H and O–H groups in total. The fraction of sp³-hybridized carbons (Fsp3) is 0.538. The Hall–Kier alpha value is -1.16. The highest BCUT2D eigenvalue weighted by molar-refractivity contribution is 5.47. The van der Waals surface area contributed by atoms with Gasteiger partial charge in [-0.3, -0.25) is 0 Å². The molecule has 1 aromatic carbocycles. The van der Waals surface area contributed by atoms with Crippen LogP contribution in [0.2, 0.25) is 0 Å². The molecule has 1 unspecified atom stereocenters. The zero-order valence-electron chi connectivity index (χ0n) is 10.0. The van der Waals surface area contributed by atoms with Gasteiger partial charge in [0.15, 0.2) is 0 Å². The molecule has 0 aromatic heterocycles. The van der Waals surface area contributed by atoms with Crippen molar-refractivity contribution in [3.05, 3.63) is 29.3 Å². The molecule has 1 aliphatic carbocycles. The number of benzene rings is 1. The average molecular weight is 241 g/mol. The van der Waals surface area contributed by atoms with E-state index < -0.39 is 6.43 Å². The van der Waals surface area contributed by atoms with Crippen molar-refractivity contribution in [2.75, 3.05) is 7.11 Å². The highest BCUT2D eigenvalue weighted by atomic mass is 19.3. The predicted octanol–water partition coefficient (Wildman–Crippen LogP) is 3.01. The lowest BCUT2D eigenvalue weighted by atomic mass is 9.87. The third-order valence-corrected chi connectivity index (χ3v) is 3.67. The van der Waals surface area contributed by atoms with Gasteiger partial charge in [0.05, 0.1) is 7.11 Å². The molecule has 0 spiro atoms. The van der Waals surface area contributed by atoms with Crippen LogP contribution in [0.25, 0.3) is 0 Å². The highest BCUT2D eigenvalue weighted by Crippen LogP contribution is 2.53. The Bertz CT molecular complexity index is 414. The Balaban J connectivity index is 2.47. The maximum absolute atomic E-state index is 12.7. The summed E-state index contributed by atoms with van der Waals surface area (Å²) in [6.45, 7) is 1.92. The van der Waals surface area contributed by atoms with Gasteiger partial charge >= 0.3 is 0 Å². The SMILES string of the molecule is COc1ccc(C(F)F)cc1C1(C(C)N)CC1. The second-order valence-electron chi connectivity index (χ2n) is 4.71. The molecule has 1 aromatic rings. The quantitative estimate of drug-likeness (QED) is 0.879. The average Bonchev–Trinajstić information content (AvgIpc) is 3.09. The van der Waals surface area contributed by atoms with Crippen LogP contribution in [0.4, 0.5) is 8.78 Å². The van der Waals surface area contributed by atoms with Gasteiger partial charge in [0.1, 0.15) is 5.75 Å². The number of nitrogens with two attached hydrogens (primary N) is 1. The summed E-state index contributed by atoms with van der Waals surface area (Å²) in [5.41, 5.74) is 6.66. The molecule has 0 aliphatic heterocycles. The minimum atomic E-state index is -2.46. The van der Waals surface area contributed by atoms with Gasteiger partial charge in [0, 0.05) is 22.6 Å². The smallest absolute Gasteiger partial charge is 0.263 e. The number of rotatable bonds is 4. The van der Waals surface area contributed by atoms with Gasteiger partial charge in [-0.2, -0.15) is 0 Å². The predicted molar refractivity (Wildman–Crippen MR) is 62.5 cm³/mol. The summed E-state index contributed by atoms with van der Waals surface area (Å²) in [4.78, 5) is 0. The second-order valence-corrected chi connectivity index (χ2v) is 4.71. The van der Waals surface area contributed by atoms with Crippen molar-refractivity contribution >= 4 is 0 Å². The number of hydrogen-bond acceptors (Lipinski definition) is 2. The molecular formula is C13H17F2NO. The topological polar surface area (TPSA) is 35.2 Å². The molecule has 0 amide bonds. The monoisotopic (exact) mass is 241 g/mol. The fourth-order valence-corrected chi connectivity index (χ4v) is 2.36. The van der Waals surface area contributed by atoms with Crippen LogP contribution >= 0.6 is 0 Å². The van der Waals surface area contributed by atoms with Gasteiger partial charge in [0.25, 0.3) is 6.43 Å². The molecule has 0 radical (unpaired) electrons. The fourth-order valence-electron chi connectivity index (χ4n) is 2.36. The first-order valence-corrected chi connectivity index (χ1v) is 5.73. The maximum atomic E-state index is 12.7. The van der Waals surface area contributed by atoms with Crippen LogP contribution in [-0.2, 0) is 5.41 Å². The molecule has 17 heavy (non-hydrogen) atoms. The van der Waals surface area contributed by atoms with E-state index >= 15 is 0 Å². The van der Waals surface area contributed by atoms with E-state index in [0.29, 0.717) is 5.75 Å². The summed E-state index contributed by atoms with van der Waals surface area (Å²) in [5, 5.41) is 0. The Morgan fingerprint density at radius 3 is 2.41 bits per heavy atom. The lowest BCUT2D eigenvalue weighted by Crippen LogP contribution is -2.32. The molecule has 1 aliphatic rings. The standard InChI is InChI=1S/C13H17F2NO/c1-8(16)13(5-6-13)10-7-9(12(14)15)3-4-11(10)17-2/h3-4,7-8,12H,5-6,16H2,1-2H3. The van der Waals surface area contributed by atoms with Gasteiger partial charge in [-0.1, -0.05) is 0 Å². The van der Waals surface area contributed by atoms with Crippen LogP contribution in [0.3, 0.4) is 0 Å². The molecule has 4 heteroatoms. The Kier molecular flexibility index (Phi) is 3.08. The Labute approximate surface area is 99.8 Å². The molecular weight excluding hydrogens is 224 g/mol. The van der Waals surface area contributed by atoms with Gasteiger partial charge in [-0.05, 0) is 38.0 Å². The van der Waals surface area contributed by atoms with E-state index in [0.717, 1.165) is 18.4 Å². The number of hydrogen-bond donors (Lipinski definition) is 1. The van der Waals surface area contributed by atoms with Gasteiger partial charge in [0.2, 0.25) is 0 Å². The number of ether oxygens (including phenoxy) is 1. The summed E-state index contributed by atoms with van der Waals surface area (Å²) < 4.78 is 30.7. The van der Waals surface area contributed by atoms with Crippen molar-refractivity contribution in [3.8, 4) is 5.75 Å².